The van der Waals surface area contributed by atoms with Crippen LogP contribution in [0.25, 0.3) is 0 Å². The number of benzene rings is 1. The number of hydrogen-bond donors (Lipinski definition) is 1. The van der Waals surface area contributed by atoms with Crippen LogP contribution in [0.2, 0.25) is 0 Å². The van der Waals surface area contributed by atoms with E-state index in [1.54, 1.807) is 11.3 Å². The van der Waals surface area contributed by atoms with Crippen LogP contribution in [0.15, 0.2) is 35.7 Å². The lowest BCUT2D eigenvalue weighted by atomic mass is 9.79. The van der Waals surface area contributed by atoms with Crippen LogP contribution in [0.3, 0.4) is 0 Å². The van der Waals surface area contributed by atoms with E-state index < -0.39 is 5.60 Å². The van der Waals surface area contributed by atoms with Crippen molar-refractivity contribution in [3.05, 3.63) is 57.3 Å². The van der Waals surface area contributed by atoms with Crippen molar-refractivity contribution in [3.63, 3.8) is 0 Å². The van der Waals surface area contributed by atoms with Crippen LogP contribution in [0.5, 0.6) is 0 Å². The Morgan fingerprint density at radius 2 is 1.94 bits per heavy atom. The molecule has 0 amide bonds. The number of aliphatic hydroxyl groups is 1. The zero-order valence-electron chi connectivity index (χ0n) is 9.94. The summed E-state index contributed by atoms with van der Waals surface area (Å²) in [5.41, 5.74) is 3.27. The minimum Gasteiger partial charge on any atom is -0.384 e. The van der Waals surface area contributed by atoms with Gasteiger partial charge in [0.25, 0.3) is 0 Å². The average Bonchev–Trinajstić information content (AvgIpc) is 2.76. The SMILES string of the molecule is Cc1ccsc1C1(O)CCc2ccccc2C1. The fourth-order valence-electron chi connectivity index (χ4n) is 2.76. The summed E-state index contributed by atoms with van der Waals surface area (Å²) in [6.07, 6.45) is 2.57. The average molecular weight is 244 g/mol. The van der Waals surface area contributed by atoms with Gasteiger partial charge in [0, 0.05) is 11.3 Å². The van der Waals surface area contributed by atoms with Crippen LogP contribution < -0.4 is 0 Å². The van der Waals surface area contributed by atoms with Crippen molar-refractivity contribution in [2.75, 3.05) is 0 Å². The third kappa shape index (κ3) is 1.81. The molecule has 2 aromatic rings. The lowest BCUT2D eigenvalue weighted by molar-refractivity contribution is 0.0254. The molecular weight excluding hydrogens is 228 g/mol. The predicted octanol–water partition coefficient (Wildman–Crippen LogP) is 3.43. The Hall–Kier alpha value is -1.12. The molecular formula is C15H16OS. The molecule has 3 rings (SSSR count). The maximum atomic E-state index is 10.9. The third-order valence-electron chi connectivity index (χ3n) is 3.69. The molecule has 1 aromatic heterocycles. The van der Waals surface area contributed by atoms with E-state index >= 15 is 0 Å². The van der Waals surface area contributed by atoms with Crippen molar-refractivity contribution < 1.29 is 5.11 Å². The predicted molar refractivity (Wildman–Crippen MR) is 71.4 cm³/mol. The first kappa shape index (κ1) is 11.0. The largest absolute Gasteiger partial charge is 0.384 e. The van der Waals surface area contributed by atoms with Crippen molar-refractivity contribution in [2.24, 2.45) is 0 Å². The van der Waals surface area contributed by atoms with Gasteiger partial charge in [0.15, 0.2) is 0 Å². The molecule has 0 saturated heterocycles. The van der Waals surface area contributed by atoms with Gasteiger partial charge in [-0.05, 0) is 47.9 Å². The number of aryl methyl sites for hydroxylation is 2. The molecule has 1 unspecified atom stereocenters. The second-order valence-electron chi connectivity index (χ2n) is 4.91. The third-order valence-corrected chi connectivity index (χ3v) is 4.90. The summed E-state index contributed by atoms with van der Waals surface area (Å²) in [4.78, 5) is 1.15. The van der Waals surface area contributed by atoms with E-state index in [1.807, 2.05) is 0 Å². The van der Waals surface area contributed by atoms with Gasteiger partial charge in [-0.15, -0.1) is 11.3 Å². The molecule has 0 aliphatic heterocycles. The first-order chi connectivity index (χ1) is 8.19. The van der Waals surface area contributed by atoms with Gasteiger partial charge in [0.05, 0.1) is 0 Å². The van der Waals surface area contributed by atoms with Gasteiger partial charge in [-0.25, -0.2) is 0 Å². The Kier molecular flexibility index (Phi) is 2.57. The topological polar surface area (TPSA) is 20.2 Å². The Morgan fingerprint density at radius 1 is 1.18 bits per heavy atom. The summed E-state index contributed by atoms with van der Waals surface area (Å²) in [6.45, 7) is 2.09. The number of fused-ring (bicyclic) bond motifs is 1. The van der Waals surface area contributed by atoms with E-state index in [4.69, 9.17) is 0 Å². The summed E-state index contributed by atoms with van der Waals surface area (Å²) >= 11 is 1.68. The Bertz CT molecular complexity index is 543. The van der Waals surface area contributed by atoms with E-state index in [0.717, 1.165) is 24.1 Å². The lowest BCUT2D eigenvalue weighted by Crippen LogP contribution is -2.32. The van der Waals surface area contributed by atoms with Crippen LogP contribution in [-0.2, 0) is 18.4 Å². The first-order valence-electron chi connectivity index (χ1n) is 6.03. The van der Waals surface area contributed by atoms with E-state index in [0.29, 0.717) is 0 Å². The van der Waals surface area contributed by atoms with Crippen LogP contribution in [-0.4, -0.2) is 5.11 Å². The minimum atomic E-state index is -0.646. The summed E-state index contributed by atoms with van der Waals surface area (Å²) in [6, 6.07) is 10.6. The first-order valence-corrected chi connectivity index (χ1v) is 6.91. The highest BCUT2D eigenvalue weighted by atomic mass is 32.1. The smallest absolute Gasteiger partial charge is 0.103 e. The highest BCUT2D eigenvalue weighted by Crippen LogP contribution is 2.40. The van der Waals surface area contributed by atoms with Crippen LogP contribution in [0.4, 0.5) is 0 Å². The summed E-state index contributed by atoms with van der Waals surface area (Å²) in [5.74, 6) is 0. The molecule has 1 nitrogen and oxygen atoms in total. The van der Waals surface area contributed by atoms with Crippen LogP contribution in [0, 0.1) is 6.92 Å². The van der Waals surface area contributed by atoms with Gasteiger partial charge in [0.2, 0.25) is 0 Å². The maximum Gasteiger partial charge on any atom is 0.103 e. The van der Waals surface area contributed by atoms with Gasteiger partial charge in [0.1, 0.15) is 5.60 Å². The molecule has 2 heteroatoms. The molecule has 1 aliphatic carbocycles. The lowest BCUT2D eigenvalue weighted by Gasteiger charge is -2.33. The Balaban J connectivity index is 2.01. The molecule has 0 spiro atoms. The Morgan fingerprint density at radius 3 is 2.65 bits per heavy atom. The quantitative estimate of drug-likeness (QED) is 0.815. The van der Waals surface area contributed by atoms with Gasteiger partial charge in [-0.2, -0.15) is 0 Å². The van der Waals surface area contributed by atoms with Gasteiger partial charge in [-0.3, -0.25) is 0 Å². The molecule has 1 heterocycles. The molecule has 88 valence electrons. The molecule has 17 heavy (non-hydrogen) atoms. The summed E-state index contributed by atoms with van der Waals surface area (Å²) < 4.78 is 0. The molecule has 1 atom stereocenters. The monoisotopic (exact) mass is 244 g/mol. The maximum absolute atomic E-state index is 10.9. The van der Waals surface area contributed by atoms with Crippen molar-refractivity contribution in [3.8, 4) is 0 Å². The minimum absolute atomic E-state index is 0.646. The van der Waals surface area contributed by atoms with Gasteiger partial charge in [-0.1, -0.05) is 24.3 Å². The molecule has 1 aromatic carbocycles. The van der Waals surface area contributed by atoms with E-state index in [2.05, 4.69) is 42.6 Å². The standard InChI is InChI=1S/C15H16OS/c1-11-7-9-17-14(11)15(16)8-6-12-4-2-3-5-13(12)10-15/h2-5,7,9,16H,6,8,10H2,1H3. The highest BCUT2D eigenvalue weighted by molar-refractivity contribution is 7.10. The fourth-order valence-corrected chi connectivity index (χ4v) is 3.82. The summed E-state index contributed by atoms with van der Waals surface area (Å²) in [7, 11) is 0. The van der Waals surface area contributed by atoms with Gasteiger partial charge < -0.3 is 5.11 Å². The number of hydrogen-bond acceptors (Lipinski definition) is 2. The van der Waals surface area contributed by atoms with Crippen molar-refractivity contribution >= 4 is 11.3 Å². The molecule has 0 fully saturated rings. The van der Waals surface area contributed by atoms with E-state index in [9.17, 15) is 5.11 Å². The fraction of sp³-hybridized carbons (Fsp3) is 0.333. The van der Waals surface area contributed by atoms with Crippen molar-refractivity contribution in [1.29, 1.82) is 0 Å². The second-order valence-corrected chi connectivity index (χ2v) is 5.83. The second kappa shape index (κ2) is 3.97. The zero-order chi connectivity index (χ0) is 11.9. The van der Waals surface area contributed by atoms with Gasteiger partial charge >= 0.3 is 0 Å². The zero-order valence-corrected chi connectivity index (χ0v) is 10.8. The van der Waals surface area contributed by atoms with Crippen LogP contribution >= 0.6 is 11.3 Å². The summed E-state index contributed by atoms with van der Waals surface area (Å²) in [5, 5.41) is 12.9. The molecule has 1 N–H and O–H groups in total. The van der Waals surface area contributed by atoms with Crippen molar-refractivity contribution in [1.82, 2.24) is 0 Å². The highest BCUT2D eigenvalue weighted by Gasteiger charge is 2.35. The molecule has 0 bridgehead atoms. The number of thiophene rings is 1. The van der Waals surface area contributed by atoms with Crippen LogP contribution in [0.1, 0.15) is 28.0 Å². The van der Waals surface area contributed by atoms with Crippen molar-refractivity contribution in [2.45, 2.75) is 31.8 Å². The molecule has 0 radical (unpaired) electrons. The number of rotatable bonds is 1. The molecule has 1 aliphatic rings. The van der Waals surface area contributed by atoms with E-state index in [1.165, 1.54) is 16.7 Å². The normalized spacial score (nSPS) is 23.4. The molecule has 0 saturated carbocycles. The van der Waals surface area contributed by atoms with E-state index in [-0.39, 0.29) is 0 Å². The Labute approximate surface area is 106 Å².